The van der Waals surface area contributed by atoms with Crippen LogP contribution in [0.5, 0.6) is 46.0 Å². The molecule has 0 unspecified atom stereocenters. The Balaban J connectivity index is 1.41. The molecule has 6 aliphatic heterocycles. The van der Waals surface area contributed by atoms with Gasteiger partial charge in [0.05, 0.1) is 43.8 Å². The molecule has 0 aliphatic carbocycles. The number of rotatable bonds is 0. The highest BCUT2D eigenvalue weighted by atomic mass is 16.3. The first-order chi connectivity index (χ1) is 23.6. The molecule has 6 aliphatic rings. The normalized spacial score (nSPS) is 17.4. The van der Waals surface area contributed by atoms with E-state index >= 15 is 0 Å². The van der Waals surface area contributed by atoms with E-state index in [0.29, 0.717) is 89.8 Å². The minimum absolute atomic E-state index is 0.305. The summed E-state index contributed by atoms with van der Waals surface area (Å²) in [6, 6.07) is 11.1. The average molecular weight is 653 g/mol. The van der Waals surface area contributed by atoms with Crippen molar-refractivity contribution in [2.45, 2.75) is 5.91 Å². The van der Waals surface area contributed by atoms with Crippen LogP contribution in [0.15, 0.2) is 68.5 Å². The molecule has 8 N–H and O–H groups in total. The number of aliphatic imine (C=N–C) groups is 2. The quantitative estimate of drug-likeness (QED) is 0.0881. The van der Waals surface area contributed by atoms with Gasteiger partial charge in [0, 0.05) is 0 Å². The van der Waals surface area contributed by atoms with Crippen molar-refractivity contribution < 1.29 is 50.0 Å². The predicted molar refractivity (Wildman–Crippen MR) is 167 cm³/mol. The van der Waals surface area contributed by atoms with Crippen LogP contribution in [0.25, 0.3) is 21.5 Å². The predicted octanol–water partition coefficient (Wildman–Crippen LogP) is 1.35. The van der Waals surface area contributed by atoms with Gasteiger partial charge in [0.1, 0.15) is 0 Å². The number of aromatic hydroxyl groups is 8. The van der Waals surface area contributed by atoms with Crippen LogP contribution in [0.2, 0.25) is 0 Å². The van der Waals surface area contributed by atoms with E-state index in [0.717, 1.165) is 0 Å². The SMILES string of the molecule is Oc1cc2c(cc1O)C1=[N+]3C2=Nc2c4cc(O)c(O)cc4c4n2C32n3c(c5cc(O)c(O)cc5c3=NC3=[N+]2C(=N4)c2cc(O)c(O)cc23)=N1. The molecule has 0 amide bonds. The van der Waals surface area contributed by atoms with Crippen LogP contribution in [0.1, 0.15) is 22.3 Å². The molecule has 0 bridgehead atoms. The van der Waals surface area contributed by atoms with Crippen molar-refractivity contribution in [1.29, 1.82) is 0 Å². The Morgan fingerprint density at radius 2 is 0.755 bits per heavy atom. The van der Waals surface area contributed by atoms with Gasteiger partial charge in [-0.05, 0) is 48.5 Å². The van der Waals surface area contributed by atoms with Crippen molar-refractivity contribution in [3.63, 3.8) is 0 Å². The van der Waals surface area contributed by atoms with E-state index in [1.165, 1.54) is 48.5 Å². The molecule has 2 aromatic heterocycles. The lowest BCUT2D eigenvalue weighted by Crippen LogP contribution is -2.71. The third kappa shape index (κ3) is 2.35. The number of fused-ring (bicyclic) bond motifs is 12. The highest BCUT2D eigenvalue weighted by molar-refractivity contribution is 6.21. The first kappa shape index (κ1) is 24.8. The minimum Gasteiger partial charge on any atom is -0.504 e. The third-order valence-corrected chi connectivity index (χ3v) is 10.1. The van der Waals surface area contributed by atoms with Crippen molar-refractivity contribution in [2.24, 2.45) is 20.0 Å². The molecule has 0 saturated carbocycles. The second-order valence-corrected chi connectivity index (χ2v) is 12.5. The lowest BCUT2D eigenvalue weighted by Gasteiger charge is -2.40. The zero-order chi connectivity index (χ0) is 33.2. The second kappa shape index (κ2) is 7.13. The van der Waals surface area contributed by atoms with E-state index in [1.807, 2.05) is 0 Å². The highest BCUT2D eigenvalue weighted by Gasteiger charge is 2.69. The fraction of sp³-hybridized carbons (Fsp3) is 0.0303. The Hall–Kier alpha value is -7.36. The van der Waals surface area contributed by atoms with Crippen LogP contribution in [-0.4, -0.2) is 82.5 Å². The summed E-state index contributed by atoms with van der Waals surface area (Å²) in [6.07, 6.45) is 0. The Bertz CT molecular complexity index is 2890. The zero-order valence-corrected chi connectivity index (χ0v) is 24.3. The summed E-state index contributed by atoms with van der Waals surface area (Å²) >= 11 is 0. The van der Waals surface area contributed by atoms with E-state index in [4.69, 9.17) is 20.0 Å². The fourth-order valence-corrected chi connectivity index (χ4v) is 8.17. The number of hydrogen-bond donors (Lipinski definition) is 8. The molecular weight excluding hydrogens is 636 g/mol. The molecule has 12 rings (SSSR count). The maximum absolute atomic E-state index is 10.7. The maximum atomic E-state index is 10.7. The molecule has 0 saturated heterocycles. The lowest BCUT2D eigenvalue weighted by molar-refractivity contribution is -0.790. The van der Waals surface area contributed by atoms with E-state index in [-0.39, 0.29) is 0 Å². The standard InChI is InChI=1S/C33H14N8O8/c42-17-1-9-10(2-18(17)43)26-35-28-13-5-21(46)22(47)6-14(13)30-37-32-16-8-24(49)23(48)7-15(16)31-36-29-12-4-20(45)19(44)3-11(12)27-34-25(9)38(26)33(39(27)29,40(28)30)41(31)32/h1-8H,(H6,34,35,36,37,42,43,44,45,46,47,48,49)/p+2. The van der Waals surface area contributed by atoms with Crippen LogP contribution in [0.3, 0.4) is 0 Å². The third-order valence-electron chi connectivity index (χ3n) is 10.1. The van der Waals surface area contributed by atoms with E-state index in [1.54, 1.807) is 18.3 Å². The van der Waals surface area contributed by atoms with Crippen LogP contribution in [0, 0.1) is 0 Å². The zero-order valence-electron chi connectivity index (χ0n) is 24.3. The Morgan fingerprint density at radius 3 is 1.16 bits per heavy atom. The number of nitrogens with zero attached hydrogens (tertiary/aromatic N) is 8. The Morgan fingerprint density at radius 1 is 0.408 bits per heavy atom. The molecular formula is C33H16N8O8+2. The van der Waals surface area contributed by atoms with Gasteiger partial charge in [0.2, 0.25) is 22.6 Å². The molecule has 0 fully saturated rings. The van der Waals surface area contributed by atoms with E-state index in [2.05, 4.69) is 0 Å². The van der Waals surface area contributed by atoms with Crippen molar-refractivity contribution in [1.82, 2.24) is 9.13 Å². The monoisotopic (exact) mass is 652 g/mol. The van der Waals surface area contributed by atoms with Gasteiger partial charge in [-0.15, -0.1) is 9.15 Å². The Labute approximate surface area is 269 Å². The molecule has 234 valence electrons. The van der Waals surface area contributed by atoms with Gasteiger partial charge in [-0.25, -0.2) is 0 Å². The molecule has 4 aromatic carbocycles. The summed E-state index contributed by atoms with van der Waals surface area (Å²) in [7, 11) is 0. The highest BCUT2D eigenvalue weighted by Crippen LogP contribution is 2.54. The van der Waals surface area contributed by atoms with Crippen LogP contribution < -0.4 is 11.0 Å². The smallest absolute Gasteiger partial charge is 0.404 e. The number of phenols is 8. The van der Waals surface area contributed by atoms with Crippen molar-refractivity contribution >= 4 is 56.5 Å². The van der Waals surface area contributed by atoms with Crippen molar-refractivity contribution in [3.05, 3.63) is 81.8 Å². The molecule has 16 nitrogen and oxygen atoms in total. The molecule has 0 radical (unpaired) electrons. The molecule has 6 aromatic rings. The van der Waals surface area contributed by atoms with Gasteiger partial charge in [-0.3, -0.25) is 0 Å². The van der Waals surface area contributed by atoms with Gasteiger partial charge in [0.15, 0.2) is 46.0 Å². The van der Waals surface area contributed by atoms with Gasteiger partial charge in [-0.1, -0.05) is 20.0 Å². The first-order valence-electron chi connectivity index (χ1n) is 14.9. The van der Waals surface area contributed by atoms with Crippen molar-refractivity contribution in [2.75, 3.05) is 0 Å². The lowest BCUT2D eigenvalue weighted by atomic mass is 10.1. The van der Waals surface area contributed by atoms with E-state index in [9.17, 15) is 40.9 Å². The summed E-state index contributed by atoms with van der Waals surface area (Å²) in [5, 5.41) is 87.3. The fourth-order valence-electron chi connectivity index (χ4n) is 8.17. The molecule has 49 heavy (non-hydrogen) atoms. The molecule has 0 atom stereocenters. The van der Waals surface area contributed by atoms with Crippen LogP contribution >= 0.6 is 0 Å². The van der Waals surface area contributed by atoms with Gasteiger partial charge in [-0.2, -0.15) is 9.13 Å². The summed E-state index contributed by atoms with van der Waals surface area (Å²) in [6.45, 7) is 0. The summed E-state index contributed by atoms with van der Waals surface area (Å²) in [5.74, 6) is -2.94. The second-order valence-electron chi connectivity index (χ2n) is 12.5. The maximum Gasteiger partial charge on any atom is 0.404 e. The summed E-state index contributed by atoms with van der Waals surface area (Å²) in [4.78, 5) is 20.3. The molecule has 8 heterocycles. The van der Waals surface area contributed by atoms with Gasteiger partial charge >= 0.3 is 5.91 Å². The number of amidine groups is 4. The first-order valence-corrected chi connectivity index (χ1v) is 14.9. The summed E-state index contributed by atoms with van der Waals surface area (Å²) in [5.41, 5.74) is 2.30. The van der Waals surface area contributed by atoms with Crippen molar-refractivity contribution in [3.8, 4) is 46.0 Å². The number of phenolic OH excluding ortho intramolecular Hbond substituents is 8. The number of aromatic nitrogens is 2. The molecule has 1 spiro atoms. The largest absolute Gasteiger partial charge is 0.504 e. The number of hydrogen-bond acceptors (Lipinski definition) is 12. The average Bonchev–Trinajstić information content (AvgIpc) is 3.74. The topological polar surface area (TPSA) is 227 Å². The van der Waals surface area contributed by atoms with E-state index < -0.39 is 51.9 Å². The van der Waals surface area contributed by atoms with Crippen LogP contribution in [0.4, 0.5) is 11.6 Å². The number of benzene rings is 4. The van der Waals surface area contributed by atoms with Gasteiger partial charge < -0.3 is 40.9 Å². The molecule has 16 heteroatoms. The minimum atomic E-state index is -1.62. The Kier molecular flexibility index (Phi) is 3.61. The van der Waals surface area contributed by atoms with Crippen LogP contribution in [-0.2, 0) is 5.91 Å². The van der Waals surface area contributed by atoms with Gasteiger partial charge in [0.25, 0.3) is 23.3 Å². The summed E-state index contributed by atoms with van der Waals surface area (Å²) < 4.78 is 7.21.